The van der Waals surface area contributed by atoms with Gasteiger partial charge in [-0.25, -0.2) is 9.78 Å². The van der Waals surface area contributed by atoms with Crippen molar-refractivity contribution in [2.75, 3.05) is 19.7 Å². The highest BCUT2D eigenvalue weighted by molar-refractivity contribution is 5.88. The molecule has 1 aliphatic heterocycles. The van der Waals surface area contributed by atoms with E-state index < -0.39 is 5.97 Å². The number of oxazole rings is 1. The molecule has 2 rings (SSSR count). The van der Waals surface area contributed by atoms with Crippen LogP contribution in [-0.2, 0) is 4.74 Å². The van der Waals surface area contributed by atoms with Gasteiger partial charge in [0.2, 0.25) is 5.89 Å². The van der Waals surface area contributed by atoms with Gasteiger partial charge in [0, 0.05) is 13.1 Å². The van der Waals surface area contributed by atoms with Gasteiger partial charge in [0.25, 0.3) is 0 Å². The van der Waals surface area contributed by atoms with E-state index in [1.165, 1.54) is 0 Å². The minimum atomic E-state index is -0.405. The van der Waals surface area contributed by atoms with Crippen molar-refractivity contribution in [3.63, 3.8) is 0 Å². The molecule has 1 aromatic heterocycles. The van der Waals surface area contributed by atoms with Gasteiger partial charge in [-0.2, -0.15) is 0 Å². The molecule has 0 aromatic carbocycles. The van der Waals surface area contributed by atoms with Crippen LogP contribution in [0, 0.1) is 6.92 Å². The first-order valence-electron chi connectivity index (χ1n) is 5.07. The molecule has 0 unspecified atom stereocenters. The summed E-state index contributed by atoms with van der Waals surface area (Å²) in [5, 5.41) is 3.13. The first kappa shape index (κ1) is 10.2. The lowest BCUT2D eigenvalue weighted by atomic mass is 10.0. The SMILES string of the molecule is CCOC(=O)c1nc(C2CNC2)oc1C. The molecule has 1 saturated heterocycles. The Bertz CT molecular complexity index is 369. The van der Waals surface area contributed by atoms with Crippen molar-refractivity contribution in [2.24, 2.45) is 0 Å². The maximum atomic E-state index is 11.4. The summed E-state index contributed by atoms with van der Waals surface area (Å²) in [4.78, 5) is 15.6. The molecule has 1 fully saturated rings. The minimum Gasteiger partial charge on any atom is -0.461 e. The molecule has 0 amide bonds. The molecule has 0 aliphatic carbocycles. The van der Waals surface area contributed by atoms with Crippen LogP contribution in [0.5, 0.6) is 0 Å². The fraction of sp³-hybridized carbons (Fsp3) is 0.600. The predicted molar refractivity (Wildman–Crippen MR) is 52.8 cm³/mol. The Hall–Kier alpha value is -1.36. The van der Waals surface area contributed by atoms with Crippen LogP contribution < -0.4 is 5.32 Å². The zero-order valence-electron chi connectivity index (χ0n) is 8.87. The Morgan fingerprint density at radius 2 is 2.40 bits per heavy atom. The summed E-state index contributed by atoms with van der Waals surface area (Å²) < 4.78 is 10.3. The van der Waals surface area contributed by atoms with Gasteiger partial charge in [0.15, 0.2) is 5.69 Å². The zero-order chi connectivity index (χ0) is 10.8. The summed E-state index contributed by atoms with van der Waals surface area (Å²) in [6.07, 6.45) is 0. The van der Waals surface area contributed by atoms with Gasteiger partial charge in [0.1, 0.15) is 5.76 Å². The molecule has 2 heterocycles. The second kappa shape index (κ2) is 4.02. The highest BCUT2D eigenvalue weighted by atomic mass is 16.5. The van der Waals surface area contributed by atoms with Crippen molar-refractivity contribution in [2.45, 2.75) is 19.8 Å². The highest BCUT2D eigenvalue weighted by Gasteiger charge is 2.27. The molecular weight excluding hydrogens is 196 g/mol. The second-order valence-corrected chi connectivity index (χ2v) is 3.53. The van der Waals surface area contributed by atoms with Crippen molar-refractivity contribution in [3.8, 4) is 0 Å². The molecule has 15 heavy (non-hydrogen) atoms. The largest absolute Gasteiger partial charge is 0.461 e. The number of hydrogen-bond donors (Lipinski definition) is 1. The summed E-state index contributed by atoms with van der Waals surface area (Å²) in [5.41, 5.74) is 0.304. The van der Waals surface area contributed by atoms with E-state index in [-0.39, 0.29) is 0 Å². The quantitative estimate of drug-likeness (QED) is 0.749. The molecule has 0 spiro atoms. The van der Waals surface area contributed by atoms with Gasteiger partial charge in [-0.05, 0) is 13.8 Å². The van der Waals surface area contributed by atoms with E-state index in [2.05, 4.69) is 10.3 Å². The number of nitrogens with zero attached hydrogens (tertiary/aromatic N) is 1. The number of aryl methyl sites for hydroxylation is 1. The van der Waals surface area contributed by atoms with Crippen molar-refractivity contribution < 1.29 is 13.9 Å². The molecule has 1 aliphatic rings. The number of rotatable bonds is 3. The molecule has 0 bridgehead atoms. The van der Waals surface area contributed by atoms with Gasteiger partial charge in [0.05, 0.1) is 12.5 Å². The third kappa shape index (κ3) is 1.87. The fourth-order valence-corrected chi connectivity index (χ4v) is 1.44. The van der Waals surface area contributed by atoms with Crippen LogP contribution in [0.1, 0.15) is 35.0 Å². The van der Waals surface area contributed by atoms with E-state index in [0.29, 0.717) is 29.9 Å². The Morgan fingerprint density at radius 1 is 1.67 bits per heavy atom. The summed E-state index contributed by atoms with van der Waals surface area (Å²) in [6.45, 7) is 5.58. The summed E-state index contributed by atoms with van der Waals surface area (Å²) >= 11 is 0. The van der Waals surface area contributed by atoms with Crippen molar-refractivity contribution in [1.29, 1.82) is 0 Å². The van der Waals surface area contributed by atoms with Crippen LogP contribution in [0.15, 0.2) is 4.42 Å². The standard InChI is InChI=1S/C10H14N2O3/c1-3-14-10(13)8-6(2)15-9(12-8)7-4-11-5-7/h7,11H,3-5H2,1-2H3. The number of nitrogens with one attached hydrogen (secondary N) is 1. The van der Waals surface area contributed by atoms with Gasteiger partial charge < -0.3 is 14.5 Å². The van der Waals surface area contributed by atoms with Crippen molar-refractivity contribution >= 4 is 5.97 Å². The van der Waals surface area contributed by atoms with E-state index in [1.807, 2.05) is 0 Å². The monoisotopic (exact) mass is 210 g/mol. The molecule has 5 nitrogen and oxygen atoms in total. The molecule has 5 heteroatoms. The fourth-order valence-electron chi connectivity index (χ4n) is 1.44. The smallest absolute Gasteiger partial charge is 0.360 e. The Balaban J connectivity index is 2.17. The summed E-state index contributed by atoms with van der Waals surface area (Å²) in [7, 11) is 0. The van der Waals surface area contributed by atoms with Gasteiger partial charge in [-0.3, -0.25) is 0 Å². The molecule has 0 atom stereocenters. The second-order valence-electron chi connectivity index (χ2n) is 3.53. The number of carbonyl (C=O) groups is 1. The number of aromatic nitrogens is 1. The lowest BCUT2D eigenvalue weighted by molar-refractivity contribution is 0.0518. The number of esters is 1. The first-order chi connectivity index (χ1) is 7.22. The number of carbonyl (C=O) groups excluding carboxylic acids is 1. The van der Waals surface area contributed by atoms with Crippen molar-refractivity contribution in [3.05, 3.63) is 17.3 Å². The van der Waals surface area contributed by atoms with E-state index in [1.54, 1.807) is 13.8 Å². The minimum absolute atomic E-state index is 0.298. The van der Waals surface area contributed by atoms with Crippen LogP contribution in [0.25, 0.3) is 0 Å². The summed E-state index contributed by atoms with van der Waals surface area (Å²) in [6, 6.07) is 0. The molecule has 1 aromatic rings. The summed E-state index contributed by atoms with van der Waals surface area (Å²) in [5.74, 6) is 1.06. The zero-order valence-corrected chi connectivity index (χ0v) is 8.87. The average molecular weight is 210 g/mol. The maximum Gasteiger partial charge on any atom is 0.360 e. The molecule has 0 saturated carbocycles. The van der Waals surface area contributed by atoms with Crippen LogP contribution >= 0.6 is 0 Å². The topological polar surface area (TPSA) is 64.4 Å². The molecule has 1 N–H and O–H groups in total. The first-order valence-corrected chi connectivity index (χ1v) is 5.07. The van der Waals surface area contributed by atoms with Gasteiger partial charge in [-0.15, -0.1) is 0 Å². The lowest BCUT2D eigenvalue weighted by Gasteiger charge is -2.23. The third-order valence-corrected chi connectivity index (χ3v) is 2.41. The lowest BCUT2D eigenvalue weighted by Crippen LogP contribution is -2.40. The van der Waals surface area contributed by atoms with E-state index in [0.717, 1.165) is 13.1 Å². The highest BCUT2D eigenvalue weighted by Crippen LogP contribution is 2.22. The van der Waals surface area contributed by atoms with Gasteiger partial charge >= 0.3 is 5.97 Å². The van der Waals surface area contributed by atoms with Crippen LogP contribution in [-0.4, -0.2) is 30.6 Å². The molecule has 0 radical (unpaired) electrons. The predicted octanol–water partition coefficient (Wildman–Crippen LogP) is 0.847. The van der Waals surface area contributed by atoms with Gasteiger partial charge in [-0.1, -0.05) is 0 Å². The van der Waals surface area contributed by atoms with E-state index >= 15 is 0 Å². The van der Waals surface area contributed by atoms with Crippen LogP contribution in [0.4, 0.5) is 0 Å². The van der Waals surface area contributed by atoms with E-state index in [4.69, 9.17) is 9.15 Å². The van der Waals surface area contributed by atoms with Crippen LogP contribution in [0.2, 0.25) is 0 Å². The Kier molecular flexibility index (Phi) is 2.73. The average Bonchev–Trinajstić information content (AvgIpc) is 2.44. The maximum absolute atomic E-state index is 11.4. The number of ether oxygens (including phenoxy) is 1. The van der Waals surface area contributed by atoms with Crippen LogP contribution in [0.3, 0.4) is 0 Å². The van der Waals surface area contributed by atoms with E-state index in [9.17, 15) is 4.79 Å². The molecule has 82 valence electrons. The Labute approximate surface area is 87.8 Å². The van der Waals surface area contributed by atoms with Crippen molar-refractivity contribution in [1.82, 2.24) is 10.3 Å². The molecular formula is C10H14N2O3. The Morgan fingerprint density at radius 3 is 2.93 bits per heavy atom. The normalized spacial score (nSPS) is 16.1. The number of hydrogen-bond acceptors (Lipinski definition) is 5. The third-order valence-electron chi connectivity index (χ3n) is 2.41.